The quantitative estimate of drug-likeness (QED) is 0.733. The second kappa shape index (κ2) is 8.64. The minimum atomic E-state index is -0.739. The fourth-order valence-electron chi connectivity index (χ4n) is 2.87. The van der Waals surface area contributed by atoms with Gasteiger partial charge in [0.1, 0.15) is 11.4 Å². The maximum atomic E-state index is 12.6. The number of amides is 1. The number of hydrogen-bond acceptors (Lipinski definition) is 7. The topological polar surface area (TPSA) is 94.2 Å². The highest BCUT2D eigenvalue weighted by Gasteiger charge is 2.30. The Hall–Kier alpha value is -3.55. The van der Waals surface area contributed by atoms with E-state index in [1.807, 2.05) is 0 Å². The molecule has 29 heavy (non-hydrogen) atoms. The Morgan fingerprint density at radius 1 is 1.03 bits per heavy atom. The Morgan fingerprint density at radius 3 is 2.38 bits per heavy atom. The number of hydrogen-bond donors (Lipinski definition) is 1. The first-order valence-corrected chi connectivity index (χ1v) is 9.04. The Bertz CT molecular complexity index is 927. The largest absolute Gasteiger partial charge is 0.495 e. The molecule has 0 saturated heterocycles. The summed E-state index contributed by atoms with van der Waals surface area (Å²) in [6.07, 6.45) is 8.23. The van der Waals surface area contributed by atoms with Gasteiger partial charge in [0.2, 0.25) is 0 Å². The van der Waals surface area contributed by atoms with Crippen LogP contribution in [0.5, 0.6) is 5.75 Å². The van der Waals surface area contributed by atoms with Gasteiger partial charge < -0.3 is 24.4 Å². The fraction of sp³-hybridized carbons (Fsp3) is 0.286. The van der Waals surface area contributed by atoms with Gasteiger partial charge in [0.15, 0.2) is 0 Å². The zero-order chi connectivity index (χ0) is 21.0. The average molecular weight is 398 g/mol. The standard InChI is InChI=1S/C21H22N2O6/c1-27-17-10-7-13(19(24)22-14-8-9-14)12-16(17)23-11-5-4-6-15(20(25)28-2)18(23)21(26)29-3/h4-7,10-12,14H,8-9H2,1-3H3,(H,22,24). The molecule has 1 aromatic rings. The van der Waals surface area contributed by atoms with Gasteiger partial charge in [-0.25, -0.2) is 9.59 Å². The molecule has 2 aliphatic rings. The second-order valence-corrected chi connectivity index (χ2v) is 6.45. The number of esters is 2. The molecule has 152 valence electrons. The molecule has 1 saturated carbocycles. The fourth-order valence-corrected chi connectivity index (χ4v) is 2.87. The van der Waals surface area contributed by atoms with E-state index in [4.69, 9.17) is 14.2 Å². The molecule has 0 atom stereocenters. The van der Waals surface area contributed by atoms with E-state index in [2.05, 4.69) is 5.32 Å². The van der Waals surface area contributed by atoms with Crippen molar-refractivity contribution in [3.05, 3.63) is 59.5 Å². The number of methoxy groups -OCH3 is 3. The van der Waals surface area contributed by atoms with Crippen molar-refractivity contribution in [1.29, 1.82) is 0 Å². The number of ether oxygens (including phenoxy) is 3. The van der Waals surface area contributed by atoms with E-state index in [1.54, 1.807) is 36.6 Å². The molecule has 1 aliphatic heterocycles. The van der Waals surface area contributed by atoms with Gasteiger partial charge in [0.05, 0.1) is 32.6 Å². The predicted molar refractivity (Wildman–Crippen MR) is 105 cm³/mol. The molecule has 1 aliphatic carbocycles. The summed E-state index contributed by atoms with van der Waals surface area (Å²) in [5.41, 5.74) is 0.765. The van der Waals surface area contributed by atoms with Crippen molar-refractivity contribution in [2.45, 2.75) is 18.9 Å². The summed E-state index contributed by atoms with van der Waals surface area (Å²) in [4.78, 5) is 38.8. The number of rotatable bonds is 6. The third kappa shape index (κ3) is 4.31. The third-order valence-corrected chi connectivity index (χ3v) is 4.50. The highest BCUT2D eigenvalue weighted by molar-refractivity contribution is 6.06. The molecule has 1 fully saturated rings. The van der Waals surface area contributed by atoms with Gasteiger partial charge in [-0.1, -0.05) is 6.08 Å². The summed E-state index contributed by atoms with van der Waals surface area (Å²) >= 11 is 0. The van der Waals surface area contributed by atoms with Gasteiger partial charge in [0, 0.05) is 17.8 Å². The van der Waals surface area contributed by atoms with Crippen LogP contribution < -0.4 is 15.0 Å². The van der Waals surface area contributed by atoms with E-state index in [1.165, 1.54) is 32.3 Å². The van der Waals surface area contributed by atoms with Crippen LogP contribution in [0, 0.1) is 0 Å². The first kappa shape index (κ1) is 20.2. The molecule has 0 spiro atoms. The predicted octanol–water partition coefficient (Wildman–Crippen LogP) is 2.08. The Labute approximate surface area is 168 Å². The Kier molecular flexibility index (Phi) is 6.01. The molecule has 0 radical (unpaired) electrons. The van der Waals surface area contributed by atoms with Gasteiger partial charge in [-0.15, -0.1) is 0 Å². The van der Waals surface area contributed by atoms with Crippen LogP contribution in [0.15, 0.2) is 53.9 Å². The minimum absolute atomic E-state index is 0.0132. The van der Waals surface area contributed by atoms with Crippen LogP contribution in [0.4, 0.5) is 5.69 Å². The van der Waals surface area contributed by atoms with Crippen molar-refractivity contribution >= 4 is 23.5 Å². The van der Waals surface area contributed by atoms with Gasteiger partial charge in [-0.05, 0) is 43.2 Å². The lowest BCUT2D eigenvalue weighted by Crippen LogP contribution is -2.28. The van der Waals surface area contributed by atoms with Gasteiger partial charge >= 0.3 is 11.9 Å². The van der Waals surface area contributed by atoms with Crippen LogP contribution in [0.1, 0.15) is 23.2 Å². The van der Waals surface area contributed by atoms with E-state index in [9.17, 15) is 14.4 Å². The minimum Gasteiger partial charge on any atom is -0.495 e. The second-order valence-electron chi connectivity index (χ2n) is 6.45. The lowest BCUT2D eigenvalue weighted by atomic mass is 10.1. The first-order chi connectivity index (χ1) is 14.0. The molecule has 1 amide bonds. The molecule has 8 nitrogen and oxygen atoms in total. The van der Waals surface area contributed by atoms with Crippen LogP contribution in [-0.2, 0) is 19.1 Å². The lowest BCUT2D eigenvalue weighted by Gasteiger charge is -2.25. The van der Waals surface area contributed by atoms with Crippen LogP contribution in [0.2, 0.25) is 0 Å². The van der Waals surface area contributed by atoms with Crippen molar-refractivity contribution in [3.63, 3.8) is 0 Å². The smallest absolute Gasteiger partial charge is 0.355 e. The van der Waals surface area contributed by atoms with Crippen LogP contribution >= 0.6 is 0 Å². The summed E-state index contributed by atoms with van der Waals surface area (Å²) in [6, 6.07) is 5.08. The highest BCUT2D eigenvalue weighted by Crippen LogP contribution is 2.35. The first-order valence-electron chi connectivity index (χ1n) is 9.04. The number of allylic oxidation sites excluding steroid dienone is 2. The Morgan fingerprint density at radius 2 is 1.76 bits per heavy atom. The molecule has 1 aromatic carbocycles. The van der Waals surface area contributed by atoms with Crippen molar-refractivity contribution < 1.29 is 28.6 Å². The normalized spacial score (nSPS) is 15.6. The zero-order valence-electron chi connectivity index (χ0n) is 16.4. The number of nitrogens with one attached hydrogen (secondary N) is 1. The number of nitrogens with zero attached hydrogens (tertiary/aromatic N) is 1. The van der Waals surface area contributed by atoms with E-state index in [0.29, 0.717) is 17.0 Å². The molecule has 0 bridgehead atoms. The van der Waals surface area contributed by atoms with E-state index >= 15 is 0 Å². The molecule has 0 unspecified atom stereocenters. The summed E-state index contributed by atoms with van der Waals surface area (Å²) in [5.74, 6) is -1.25. The van der Waals surface area contributed by atoms with Crippen LogP contribution in [0.25, 0.3) is 0 Å². The van der Waals surface area contributed by atoms with Crippen molar-refractivity contribution in [2.24, 2.45) is 0 Å². The van der Waals surface area contributed by atoms with Gasteiger partial charge in [0.25, 0.3) is 5.91 Å². The maximum Gasteiger partial charge on any atom is 0.355 e. The molecule has 1 N–H and O–H groups in total. The maximum absolute atomic E-state index is 12.6. The van der Waals surface area contributed by atoms with Crippen molar-refractivity contribution in [3.8, 4) is 5.75 Å². The molecule has 3 rings (SSSR count). The van der Waals surface area contributed by atoms with Crippen LogP contribution in [-0.4, -0.2) is 45.2 Å². The monoisotopic (exact) mass is 398 g/mol. The number of carbonyl (C=O) groups excluding carboxylic acids is 3. The van der Waals surface area contributed by atoms with Crippen molar-refractivity contribution in [2.75, 3.05) is 26.2 Å². The lowest BCUT2D eigenvalue weighted by molar-refractivity contribution is -0.139. The summed E-state index contributed by atoms with van der Waals surface area (Å²) in [5, 5.41) is 2.93. The number of benzene rings is 1. The third-order valence-electron chi connectivity index (χ3n) is 4.50. The number of anilines is 1. The highest BCUT2D eigenvalue weighted by atomic mass is 16.5. The summed E-state index contributed by atoms with van der Waals surface area (Å²) in [7, 11) is 3.92. The molecular weight excluding hydrogens is 376 g/mol. The SMILES string of the molecule is COC(=O)C1=C(C(=O)OC)N(c2cc(C(=O)NC3CC3)ccc2OC)C=CC=C1. The van der Waals surface area contributed by atoms with E-state index < -0.39 is 11.9 Å². The molecular formula is C21H22N2O6. The van der Waals surface area contributed by atoms with Crippen molar-refractivity contribution in [1.82, 2.24) is 5.32 Å². The zero-order valence-corrected chi connectivity index (χ0v) is 16.4. The summed E-state index contributed by atoms with van der Waals surface area (Å²) in [6.45, 7) is 0. The Balaban J connectivity index is 2.13. The summed E-state index contributed by atoms with van der Waals surface area (Å²) < 4.78 is 15.2. The van der Waals surface area contributed by atoms with E-state index in [0.717, 1.165) is 12.8 Å². The molecule has 0 aromatic heterocycles. The number of carbonyl (C=O) groups is 3. The van der Waals surface area contributed by atoms with Crippen LogP contribution in [0.3, 0.4) is 0 Å². The van der Waals surface area contributed by atoms with Gasteiger partial charge in [-0.3, -0.25) is 4.79 Å². The van der Waals surface area contributed by atoms with E-state index in [-0.39, 0.29) is 23.2 Å². The average Bonchev–Trinajstić information content (AvgIpc) is 3.58. The molecule has 1 heterocycles. The van der Waals surface area contributed by atoms with Gasteiger partial charge in [-0.2, -0.15) is 0 Å². The molecule has 8 heteroatoms.